The summed E-state index contributed by atoms with van der Waals surface area (Å²) in [6.45, 7) is -0.159. The number of furan rings is 1. The molecular formula is C16H12N4O6. The van der Waals surface area contributed by atoms with E-state index in [1.807, 2.05) is 0 Å². The van der Waals surface area contributed by atoms with Crippen LogP contribution in [-0.2, 0) is 6.54 Å². The quantitative estimate of drug-likeness (QED) is 0.522. The van der Waals surface area contributed by atoms with Gasteiger partial charge in [-0.15, -0.1) is 0 Å². The molecule has 0 bridgehead atoms. The smallest absolute Gasteiger partial charge is 0.328 e. The number of hydrogen-bond donors (Lipinski definition) is 2. The number of anilines is 1. The number of nitrogens with zero attached hydrogens (tertiary/aromatic N) is 2. The Morgan fingerprint density at radius 2 is 2.00 bits per heavy atom. The van der Waals surface area contributed by atoms with Crippen LogP contribution in [0.4, 0.5) is 11.4 Å². The van der Waals surface area contributed by atoms with Gasteiger partial charge < -0.3 is 14.7 Å². The lowest BCUT2D eigenvalue weighted by atomic mass is 10.2. The van der Waals surface area contributed by atoms with Crippen LogP contribution in [0.15, 0.2) is 62.9 Å². The fourth-order valence-corrected chi connectivity index (χ4v) is 2.30. The molecule has 0 atom stereocenters. The molecule has 10 nitrogen and oxygen atoms in total. The lowest BCUT2D eigenvalue weighted by molar-refractivity contribution is -0.383. The van der Waals surface area contributed by atoms with Crippen molar-refractivity contribution in [2.75, 3.05) is 5.32 Å². The number of hydrogen-bond acceptors (Lipinski definition) is 6. The minimum atomic E-state index is -0.881. The number of nitrogens with one attached hydrogen (secondary N) is 2. The van der Waals surface area contributed by atoms with E-state index in [4.69, 9.17) is 4.42 Å². The molecule has 0 unspecified atom stereocenters. The molecule has 0 aliphatic rings. The summed E-state index contributed by atoms with van der Waals surface area (Å²) in [6, 6.07) is 8.68. The summed E-state index contributed by atoms with van der Waals surface area (Å²) in [4.78, 5) is 49.4. The highest BCUT2D eigenvalue weighted by atomic mass is 16.6. The molecule has 132 valence electrons. The van der Waals surface area contributed by atoms with E-state index in [9.17, 15) is 24.5 Å². The molecule has 0 saturated carbocycles. The van der Waals surface area contributed by atoms with Gasteiger partial charge in [0.25, 0.3) is 17.2 Å². The number of rotatable bonds is 5. The average molecular weight is 356 g/mol. The Labute approximate surface area is 144 Å². The molecule has 1 amide bonds. The van der Waals surface area contributed by atoms with Crippen LogP contribution in [0.1, 0.15) is 16.1 Å². The molecule has 10 heteroatoms. The first kappa shape index (κ1) is 16.9. The highest BCUT2D eigenvalue weighted by molar-refractivity contribution is 6.04. The second-order valence-corrected chi connectivity index (χ2v) is 5.21. The van der Waals surface area contributed by atoms with E-state index in [0.717, 1.165) is 10.8 Å². The van der Waals surface area contributed by atoms with Gasteiger partial charge in [-0.25, -0.2) is 4.79 Å². The van der Waals surface area contributed by atoms with Gasteiger partial charge in [0.05, 0.1) is 17.7 Å². The lowest BCUT2D eigenvalue weighted by Crippen LogP contribution is -2.39. The van der Waals surface area contributed by atoms with Crippen molar-refractivity contribution in [1.29, 1.82) is 0 Å². The van der Waals surface area contributed by atoms with Gasteiger partial charge in [-0.3, -0.25) is 24.3 Å². The fraction of sp³-hybridized carbons (Fsp3) is 0.0625. The van der Waals surface area contributed by atoms with E-state index in [1.165, 1.54) is 30.5 Å². The van der Waals surface area contributed by atoms with Gasteiger partial charge in [0.15, 0.2) is 0 Å². The fourth-order valence-electron chi connectivity index (χ4n) is 2.30. The molecule has 0 saturated heterocycles. The van der Waals surface area contributed by atoms with Crippen molar-refractivity contribution in [2.24, 2.45) is 0 Å². The minimum absolute atomic E-state index is 0.0642. The van der Waals surface area contributed by atoms with Gasteiger partial charge in [0.1, 0.15) is 17.0 Å². The lowest BCUT2D eigenvalue weighted by Gasteiger charge is -2.07. The number of carbonyl (C=O) groups excluding carboxylic acids is 1. The topological polar surface area (TPSA) is 140 Å². The van der Waals surface area contributed by atoms with Crippen LogP contribution < -0.4 is 16.6 Å². The van der Waals surface area contributed by atoms with Crippen molar-refractivity contribution in [3.8, 4) is 0 Å². The first-order valence-electron chi connectivity index (χ1n) is 7.37. The maximum absolute atomic E-state index is 12.5. The number of nitro benzene ring substituents is 1. The van der Waals surface area contributed by atoms with Crippen molar-refractivity contribution >= 4 is 17.3 Å². The van der Waals surface area contributed by atoms with Crippen molar-refractivity contribution < 1.29 is 14.1 Å². The van der Waals surface area contributed by atoms with Crippen LogP contribution in [0.5, 0.6) is 0 Å². The number of benzene rings is 1. The maximum atomic E-state index is 12.5. The Morgan fingerprint density at radius 3 is 2.69 bits per heavy atom. The van der Waals surface area contributed by atoms with Gasteiger partial charge >= 0.3 is 5.69 Å². The number of aromatic amines is 1. The molecule has 0 fully saturated rings. The standard InChI is InChI=1S/C16H12N4O6/c21-14(18-12-5-1-2-6-13(12)20(24)25)11-8-17-16(23)19(15(11)22)9-10-4-3-7-26-10/h1-8H,9H2,(H,17,23)(H,18,21). The van der Waals surface area contributed by atoms with Crippen molar-refractivity contribution in [3.05, 3.63) is 91.1 Å². The van der Waals surface area contributed by atoms with E-state index in [-0.39, 0.29) is 23.5 Å². The largest absolute Gasteiger partial charge is 0.467 e. The summed E-state index contributed by atoms with van der Waals surface area (Å²) in [6.07, 6.45) is 2.35. The predicted octanol–water partition coefficient (Wildman–Crippen LogP) is 1.34. The summed E-state index contributed by atoms with van der Waals surface area (Å²) in [5.41, 5.74) is -2.31. The van der Waals surface area contributed by atoms with Crippen LogP contribution in [0.25, 0.3) is 0 Å². The molecular weight excluding hydrogens is 344 g/mol. The summed E-state index contributed by atoms with van der Waals surface area (Å²) in [5.74, 6) is -0.525. The number of nitro groups is 1. The zero-order valence-electron chi connectivity index (χ0n) is 13.2. The predicted molar refractivity (Wildman–Crippen MR) is 90.2 cm³/mol. The van der Waals surface area contributed by atoms with E-state index < -0.39 is 22.1 Å². The Kier molecular flexibility index (Phi) is 4.48. The van der Waals surface area contributed by atoms with E-state index >= 15 is 0 Å². The maximum Gasteiger partial charge on any atom is 0.328 e. The molecule has 0 radical (unpaired) electrons. The summed E-state index contributed by atoms with van der Waals surface area (Å²) in [5, 5.41) is 13.3. The third-order valence-corrected chi connectivity index (χ3v) is 3.55. The van der Waals surface area contributed by atoms with Gasteiger partial charge in [0.2, 0.25) is 0 Å². The second kappa shape index (κ2) is 6.89. The molecule has 0 aliphatic carbocycles. The molecule has 2 N–H and O–H groups in total. The molecule has 2 heterocycles. The normalized spacial score (nSPS) is 10.5. The van der Waals surface area contributed by atoms with Crippen LogP contribution >= 0.6 is 0 Å². The number of amides is 1. The molecule has 0 spiro atoms. The highest BCUT2D eigenvalue weighted by Crippen LogP contribution is 2.23. The number of para-hydroxylation sites is 2. The molecule has 26 heavy (non-hydrogen) atoms. The Bertz CT molecular complexity index is 1080. The van der Waals surface area contributed by atoms with Gasteiger partial charge in [-0.1, -0.05) is 12.1 Å². The van der Waals surface area contributed by atoms with E-state index in [1.54, 1.807) is 12.1 Å². The number of carbonyl (C=O) groups is 1. The first-order chi connectivity index (χ1) is 12.5. The Hall–Kier alpha value is -3.95. The van der Waals surface area contributed by atoms with E-state index in [0.29, 0.717) is 5.76 Å². The van der Waals surface area contributed by atoms with Crippen LogP contribution in [0, 0.1) is 10.1 Å². The number of aromatic nitrogens is 2. The van der Waals surface area contributed by atoms with Crippen LogP contribution in [-0.4, -0.2) is 20.4 Å². The van der Waals surface area contributed by atoms with Crippen molar-refractivity contribution in [1.82, 2.24) is 9.55 Å². The Balaban J connectivity index is 1.95. The summed E-state index contributed by atoms with van der Waals surface area (Å²) >= 11 is 0. The summed E-state index contributed by atoms with van der Waals surface area (Å²) in [7, 11) is 0. The van der Waals surface area contributed by atoms with E-state index in [2.05, 4.69) is 10.3 Å². The third-order valence-electron chi connectivity index (χ3n) is 3.55. The minimum Gasteiger partial charge on any atom is -0.467 e. The molecule has 2 aromatic heterocycles. The highest BCUT2D eigenvalue weighted by Gasteiger charge is 2.19. The summed E-state index contributed by atoms with van der Waals surface area (Å²) < 4.78 is 5.90. The molecule has 3 rings (SSSR count). The van der Waals surface area contributed by atoms with Crippen LogP contribution in [0.3, 0.4) is 0 Å². The third kappa shape index (κ3) is 3.29. The van der Waals surface area contributed by atoms with Gasteiger partial charge in [-0.05, 0) is 18.2 Å². The monoisotopic (exact) mass is 356 g/mol. The molecule has 0 aliphatic heterocycles. The zero-order valence-corrected chi connectivity index (χ0v) is 13.2. The second-order valence-electron chi connectivity index (χ2n) is 5.21. The zero-order chi connectivity index (χ0) is 18.7. The average Bonchev–Trinajstić information content (AvgIpc) is 3.12. The van der Waals surface area contributed by atoms with Gasteiger partial charge in [-0.2, -0.15) is 0 Å². The first-order valence-corrected chi connectivity index (χ1v) is 7.37. The Morgan fingerprint density at radius 1 is 1.23 bits per heavy atom. The SMILES string of the molecule is O=C(Nc1ccccc1[N+](=O)[O-])c1c[nH]c(=O)n(Cc2ccco2)c1=O. The van der Waals surface area contributed by atoms with Gasteiger partial charge in [0, 0.05) is 12.3 Å². The van der Waals surface area contributed by atoms with Crippen molar-refractivity contribution in [2.45, 2.75) is 6.54 Å². The van der Waals surface area contributed by atoms with Crippen molar-refractivity contribution in [3.63, 3.8) is 0 Å². The van der Waals surface area contributed by atoms with Crippen LogP contribution in [0.2, 0.25) is 0 Å². The molecule has 3 aromatic rings. The molecule has 1 aromatic carbocycles. The number of H-pyrrole nitrogens is 1.